The fraction of sp³-hybridized carbons (Fsp3) is 0.250. The molecular formula is C8H9NO2S. The van der Waals surface area contributed by atoms with E-state index in [0.29, 0.717) is 0 Å². The Hall–Kier alpha value is -1.16. The summed E-state index contributed by atoms with van der Waals surface area (Å²) in [4.78, 5) is 14.8. The van der Waals surface area contributed by atoms with Gasteiger partial charge in [0.1, 0.15) is 5.01 Å². The molecule has 0 spiro atoms. The van der Waals surface area contributed by atoms with Crippen LogP contribution in [-0.2, 0) is 9.53 Å². The topological polar surface area (TPSA) is 39.2 Å². The van der Waals surface area contributed by atoms with E-state index in [1.165, 1.54) is 24.5 Å². The third-order valence-electron chi connectivity index (χ3n) is 1.20. The minimum atomic E-state index is -0.358. The molecule has 12 heavy (non-hydrogen) atoms. The summed E-state index contributed by atoms with van der Waals surface area (Å²) in [7, 11) is 1.35. The van der Waals surface area contributed by atoms with Gasteiger partial charge in [0.05, 0.1) is 7.11 Å². The molecule has 1 heterocycles. The maximum atomic E-state index is 10.7. The van der Waals surface area contributed by atoms with Gasteiger partial charge in [0, 0.05) is 17.2 Å². The zero-order valence-corrected chi connectivity index (χ0v) is 7.72. The average molecular weight is 183 g/mol. The molecule has 1 rings (SSSR count). The molecule has 0 unspecified atom stereocenters. The molecule has 0 radical (unpaired) electrons. The number of esters is 1. The van der Waals surface area contributed by atoms with Crippen molar-refractivity contribution in [2.75, 3.05) is 7.11 Å². The maximum absolute atomic E-state index is 10.7. The van der Waals surface area contributed by atoms with Gasteiger partial charge in [0.15, 0.2) is 0 Å². The van der Waals surface area contributed by atoms with Crippen LogP contribution in [0.1, 0.15) is 10.7 Å². The van der Waals surface area contributed by atoms with Crippen LogP contribution >= 0.6 is 11.3 Å². The van der Waals surface area contributed by atoms with Gasteiger partial charge in [0.2, 0.25) is 0 Å². The Kier molecular flexibility index (Phi) is 2.99. The summed E-state index contributed by atoms with van der Waals surface area (Å²) in [5, 5.41) is 2.75. The molecule has 1 aromatic heterocycles. The smallest absolute Gasteiger partial charge is 0.330 e. The van der Waals surface area contributed by atoms with Crippen molar-refractivity contribution < 1.29 is 9.53 Å². The molecule has 64 valence electrons. The van der Waals surface area contributed by atoms with Crippen molar-refractivity contribution in [3.8, 4) is 0 Å². The lowest BCUT2D eigenvalue weighted by Crippen LogP contribution is -1.92. The third-order valence-corrected chi connectivity index (χ3v) is 2.13. The number of aryl methyl sites for hydroxylation is 1. The van der Waals surface area contributed by atoms with E-state index in [2.05, 4.69) is 9.72 Å². The van der Waals surface area contributed by atoms with E-state index in [1.807, 2.05) is 12.3 Å². The first-order valence-corrected chi connectivity index (χ1v) is 4.28. The lowest BCUT2D eigenvalue weighted by molar-refractivity contribution is -0.134. The summed E-state index contributed by atoms with van der Waals surface area (Å²) < 4.78 is 4.43. The molecule has 0 atom stereocenters. The molecule has 0 bridgehead atoms. The van der Waals surface area contributed by atoms with E-state index in [1.54, 1.807) is 6.08 Å². The number of rotatable bonds is 2. The Morgan fingerprint density at radius 3 is 3.00 bits per heavy atom. The van der Waals surface area contributed by atoms with Crippen molar-refractivity contribution in [3.05, 3.63) is 22.2 Å². The Balaban J connectivity index is 2.63. The van der Waals surface area contributed by atoms with E-state index >= 15 is 0 Å². The van der Waals surface area contributed by atoms with Crippen molar-refractivity contribution in [1.29, 1.82) is 0 Å². The Morgan fingerprint density at radius 2 is 2.50 bits per heavy atom. The average Bonchev–Trinajstić information content (AvgIpc) is 2.47. The van der Waals surface area contributed by atoms with Crippen LogP contribution in [0.5, 0.6) is 0 Å². The molecule has 4 heteroatoms. The van der Waals surface area contributed by atoms with Crippen LogP contribution < -0.4 is 0 Å². The van der Waals surface area contributed by atoms with Gasteiger partial charge in [-0.1, -0.05) is 0 Å². The molecule has 0 aromatic carbocycles. The van der Waals surface area contributed by atoms with Gasteiger partial charge in [0.25, 0.3) is 0 Å². The molecule has 0 N–H and O–H groups in total. The summed E-state index contributed by atoms with van der Waals surface area (Å²) in [6.45, 7) is 1.91. The third kappa shape index (κ3) is 2.47. The predicted molar refractivity (Wildman–Crippen MR) is 47.9 cm³/mol. The molecule has 0 aliphatic rings. The van der Waals surface area contributed by atoms with Crippen molar-refractivity contribution in [2.45, 2.75) is 6.92 Å². The summed E-state index contributed by atoms with van der Waals surface area (Å²) in [5.74, 6) is -0.358. The van der Waals surface area contributed by atoms with E-state index < -0.39 is 0 Å². The summed E-state index contributed by atoms with van der Waals surface area (Å²) in [5.41, 5.74) is 0.963. The zero-order valence-electron chi connectivity index (χ0n) is 6.90. The molecule has 1 aromatic rings. The SMILES string of the molecule is COC(=O)C=Cc1nc(C)cs1. The first kappa shape index (κ1) is 8.93. The maximum Gasteiger partial charge on any atom is 0.330 e. The Bertz CT molecular complexity index is 304. The highest BCUT2D eigenvalue weighted by Gasteiger charge is 1.95. The predicted octanol–water partition coefficient (Wildman–Crippen LogP) is 1.64. The number of methoxy groups -OCH3 is 1. The largest absolute Gasteiger partial charge is 0.466 e. The van der Waals surface area contributed by atoms with E-state index in [9.17, 15) is 4.79 Å². The highest BCUT2D eigenvalue weighted by molar-refractivity contribution is 7.10. The lowest BCUT2D eigenvalue weighted by Gasteiger charge is -1.87. The van der Waals surface area contributed by atoms with Gasteiger partial charge in [-0.05, 0) is 13.0 Å². The lowest BCUT2D eigenvalue weighted by atomic mass is 10.5. The normalized spacial score (nSPS) is 10.5. The van der Waals surface area contributed by atoms with Crippen molar-refractivity contribution in [2.24, 2.45) is 0 Å². The van der Waals surface area contributed by atoms with Gasteiger partial charge < -0.3 is 4.74 Å². The van der Waals surface area contributed by atoms with Crippen molar-refractivity contribution >= 4 is 23.4 Å². The minimum Gasteiger partial charge on any atom is -0.466 e. The van der Waals surface area contributed by atoms with Crippen LogP contribution in [0.15, 0.2) is 11.5 Å². The van der Waals surface area contributed by atoms with Crippen LogP contribution in [0, 0.1) is 6.92 Å². The van der Waals surface area contributed by atoms with Crippen molar-refractivity contribution in [3.63, 3.8) is 0 Å². The van der Waals surface area contributed by atoms with E-state index in [0.717, 1.165) is 10.7 Å². The highest BCUT2D eigenvalue weighted by atomic mass is 32.1. The van der Waals surface area contributed by atoms with Crippen LogP contribution in [0.4, 0.5) is 0 Å². The first-order valence-electron chi connectivity index (χ1n) is 3.40. The standard InChI is InChI=1S/C8H9NO2S/c1-6-5-12-7(9-6)3-4-8(10)11-2/h3-5H,1-2H3. The number of carbonyl (C=O) groups is 1. The van der Waals surface area contributed by atoms with Crippen LogP contribution in [0.2, 0.25) is 0 Å². The second-order valence-electron chi connectivity index (χ2n) is 2.18. The van der Waals surface area contributed by atoms with E-state index in [4.69, 9.17) is 0 Å². The van der Waals surface area contributed by atoms with E-state index in [-0.39, 0.29) is 5.97 Å². The van der Waals surface area contributed by atoms with Crippen LogP contribution in [0.25, 0.3) is 6.08 Å². The molecule has 0 aliphatic heterocycles. The van der Waals surface area contributed by atoms with Crippen LogP contribution in [0.3, 0.4) is 0 Å². The first-order chi connectivity index (χ1) is 5.72. The molecule has 0 saturated heterocycles. The minimum absolute atomic E-state index is 0.358. The molecule has 3 nitrogen and oxygen atoms in total. The number of carbonyl (C=O) groups excluding carboxylic acids is 1. The molecule has 0 amide bonds. The Labute approximate surface area is 74.7 Å². The number of thiazole rings is 1. The van der Waals surface area contributed by atoms with Crippen molar-refractivity contribution in [1.82, 2.24) is 4.98 Å². The zero-order chi connectivity index (χ0) is 8.97. The second kappa shape index (κ2) is 4.01. The summed E-state index contributed by atoms with van der Waals surface area (Å²) in [6, 6.07) is 0. The number of hydrogen-bond donors (Lipinski definition) is 0. The fourth-order valence-corrected chi connectivity index (χ4v) is 1.34. The number of ether oxygens (including phenoxy) is 1. The molecular weight excluding hydrogens is 174 g/mol. The van der Waals surface area contributed by atoms with Gasteiger partial charge in [-0.25, -0.2) is 9.78 Å². The van der Waals surface area contributed by atoms with Gasteiger partial charge >= 0.3 is 5.97 Å². The summed E-state index contributed by atoms with van der Waals surface area (Å²) >= 11 is 1.50. The molecule has 0 saturated carbocycles. The molecule has 0 fully saturated rings. The van der Waals surface area contributed by atoms with Crippen LogP contribution in [-0.4, -0.2) is 18.1 Å². The van der Waals surface area contributed by atoms with Gasteiger partial charge in [-0.2, -0.15) is 0 Å². The quantitative estimate of drug-likeness (QED) is 0.517. The number of hydrogen-bond acceptors (Lipinski definition) is 4. The highest BCUT2D eigenvalue weighted by Crippen LogP contribution is 2.09. The number of aromatic nitrogens is 1. The monoisotopic (exact) mass is 183 g/mol. The van der Waals surface area contributed by atoms with Gasteiger partial charge in [-0.15, -0.1) is 11.3 Å². The fourth-order valence-electron chi connectivity index (χ4n) is 0.656. The summed E-state index contributed by atoms with van der Waals surface area (Å²) in [6.07, 6.45) is 3.00. The second-order valence-corrected chi connectivity index (χ2v) is 3.07. The Morgan fingerprint density at radius 1 is 1.75 bits per heavy atom. The molecule has 0 aliphatic carbocycles. The van der Waals surface area contributed by atoms with Gasteiger partial charge in [-0.3, -0.25) is 0 Å². The number of nitrogens with zero attached hydrogens (tertiary/aromatic N) is 1.